The average molecular weight is 1030 g/mol. The summed E-state index contributed by atoms with van der Waals surface area (Å²) in [6.07, 6.45) is -4.47. The summed E-state index contributed by atoms with van der Waals surface area (Å²) < 4.78 is 42.6. The number of benzene rings is 11. The van der Waals surface area contributed by atoms with Crippen LogP contribution < -0.4 is 20.2 Å². The van der Waals surface area contributed by atoms with Gasteiger partial charge in [0.15, 0.2) is 0 Å². The molecule has 2 aliphatic carbocycles. The molecular formula is C69H57F3N2Si2. The number of hydrogen-bond donors (Lipinski definition) is 0. The third kappa shape index (κ3) is 7.49. The quantitative estimate of drug-likeness (QED) is 0.111. The molecule has 13 rings (SSSR count). The van der Waals surface area contributed by atoms with Gasteiger partial charge in [-0.25, -0.2) is 0 Å². The summed E-state index contributed by atoms with van der Waals surface area (Å²) in [6, 6.07) is 77.5. The van der Waals surface area contributed by atoms with Crippen molar-refractivity contribution in [3.05, 3.63) is 252 Å². The molecule has 2 aliphatic rings. The molecule has 0 bridgehead atoms. The predicted octanol–water partition coefficient (Wildman–Crippen LogP) is 18.8. The van der Waals surface area contributed by atoms with E-state index in [0.717, 1.165) is 45.1 Å². The van der Waals surface area contributed by atoms with Crippen LogP contribution in [0.1, 0.15) is 33.4 Å². The molecule has 0 aliphatic heterocycles. The van der Waals surface area contributed by atoms with Gasteiger partial charge in [-0.15, -0.1) is 0 Å². The Morgan fingerprint density at radius 3 is 1.13 bits per heavy atom. The minimum atomic E-state index is -4.47. The number of anilines is 6. The van der Waals surface area contributed by atoms with Gasteiger partial charge in [0.1, 0.15) is 0 Å². The number of fused-ring (bicyclic) bond motifs is 16. The Balaban J connectivity index is 1.11. The van der Waals surface area contributed by atoms with Crippen LogP contribution in [0.2, 0.25) is 39.3 Å². The number of alkyl halides is 3. The first-order valence-corrected chi connectivity index (χ1v) is 33.3. The van der Waals surface area contributed by atoms with E-state index in [1.54, 1.807) is 12.1 Å². The molecule has 0 radical (unpaired) electrons. The van der Waals surface area contributed by atoms with Gasteiger partial charge in [-0.05, 0) is 181 Å². The highest BCUT2D eigenvalue weighted by molar-refractivity contribution is 6.89. The van der Waals surface area contributed by atoms with E-state index in [-0.39, 0.29) is 0 Å². The van der Waals surface area contributed by atoms with Crippen LogP contribution in [-0.4, -0.2) is 16.1 Å². The molecule has 76 heavy (non-hydrogen) atoms. The molecule has 7 heteroatoms. The van der Waals surface area contributed by atoms with Crippen LogP contribution in [0.3, 0.4) is 0 Å². The van der Waals surface area contributed by atoms with Crippen molar-refractivity contribution in [2.45, 2.75) is 57.8 Å². The maximum absolute atomic E-state index is 14.2. The van der Waals surface area contributed by atoms with E-state index < -0.39 is 33.3 Å². The molecule has 11 aromatic rings. The lowest BCUT2D eigenvalue weighted by Crippen LogP contribution is -2.37. The van der Waals surface area contributed by atoms with E-state index in [0.29, 0.717) is 5.69 Å². The molecule has 0 saturated heterocycles. The van der Waals surface area contributed by atoms with Crippen LogP contribution in [0.5, 0.6) is 0 Å². The van der Waals surface area contributed by atoms with Crippen LogP contribution in [0.25, 0.3) is 54.6 Å². The van der Waals surface area contributed by atoms with Gasteiger partial charge in [0.2, 0.25) is 0 Å². The fraction of sp³-hybridized carbons (Fsp3) is 0.130. The fourth-order valence-corrected chi connectivity index (χ4v) is 14.8. The van der Waals surface area contributed by atoms with E-state index in [1.165, 1.54) is 88.2 Å². The highest BCUT2D eigenvalue weighted by Gasteiger charge is 2.52. The lowest BCUT2D eigenvalue weighted by Gasteiger charge is -2.33. The molecule has 0 N–H and O–H groups in total. The summed E-state index contributed by atoms with van der Waals surface area (Å²) in [7, 11) is -3.28. The zero-order chi connectivity index (χ0) is 52.5. The normalized spacial score (nSPS) is 14.8. The smallest absolute Gasteiger partial charge is 0.310 e. The minimum Gasteiger partial charge on any atom is -0.310 e. The standard InChI is InChI=1S/C69H57F3N2Si2/c1-44-20-24-46(25-21-44)73(48-28-34-52(35-29-48)75(2,3)4)50-32-38-59-60-39-33-51(74(47-26-22-45(23-27-47)69(70,71)72)49-30-36-53(37-31-49)76(5,6)7)41-66(60)68(65(59)40-50)64-19-13-12-18-58(64)63-42-61-56-16-10-8-14-54(56)55-15-9-11-17-57(55)62(61)43-67(63)68/h8-43H,1-7H3. The van der Waals surface area contributed by atoms with Crippen molar-refractivity contribution in [3.8, 4) is 22.3 Å². The van der Waals surface area contributed by atoms with Crippen LogP contribution >= 0.6 is 0 Å². The molecule has 0 aromatic heterocycles. The van der Waals surface area contributed by atoms with E-state index in [4.69, 9.17) is 0 Å². The Labute approximate surface area is 445 Å². The number of halogens is 3. The predicted molar refractivity (Wildman–Crippen MR) is 320 cm³/mol. The molecule has 0 amide bonds. The molecule has 2 nitrogen and oxygen atoms in total. The van der Waals surface area contributed by atoms with Crippen molar-refractivity contribution in [1.82, 2.24) is 0 Å². The Hall–Kier alpha value is -7.98. The summed E-state index contributed by atoms with van der Waals surface area (Å²) >= 11 is 0. The molecule has 11 aromatic carbocycles. The molecule has 0 fully saturated rings. The minimum absolute atomic E-state index is 0.644. The molecule has 1 unspecified atom stereocenters. The maximum Gasteiger partial charge on any atom is 0.416 e. The molecule has 372 valence electrons. The largest absolute Gasteiger partial charge is 0.416 e. The Morgan fingerprint density at radius 2 is 0.684 bits per heavy atom. The highest BCUT2D eigenvalue weighted by atomic mass is 28.3. The van der Waals surface area contributed by atoms with Gasteiger partial charge in [-0.1, -0.05) is 177 Å². The van der Waals surface area contributed by atoms with Gasteiger partial charge in [0, 0.05) is 34.1 Å². The SMILES string of the molecule is Cc1ccc(N(c2ccc([Si](C)(C)C)cc2)c2ccc3c(c2)C2(c4ccccc4-c4cc5c6ccccc6c6ccccc6c5cc42)c2cc(N(c4ccc(C(F)(F)F)cc4)c4ccc([Si](C)(C)C)cc4)ccc2-3)cc1. The summed E-state index contributed by atoms with van der Waals surface area (Å²) in [6.45, 7) is 16.3. The van der Waals surface area contributed by atoms with Crippen molar-refractivity contribution in [2.75, 3.05) is 9.80 Å². The summed E-state index contributed by atoms with van der Waals surface area (Å²) in [5, 5.41) is 9.98. The van der Waals surface area contributed by atoms with Crippen LogP contribution in [-0.2, 0) is 11.6 Å². The summed E-state index contributed by atoms with van der Waals surface area (Å²) in [4.78, 5) is 4.52. The molecular weight excluding hydrogens is 970 g/mol. The second kappa shape index (κ2) is 17.3. The number of hydrogen-bond acceptors (Lipinski definition) is 2. The van der Waals surface area contributed by atoms with Crippen LogP contribution in [0.15, 0.2) is 218 Å². The van der Waals surface area contributed by atoms with Gasteiger partial charge in [0.05, 0.1) is 27.1 Å². The summed E-state index contributed by atoms with van der Waals surface area (Å²) in [5.74, 6) is 0. The first-order valence-electron chi connectivity index (χ1n) is 26.3. The van der Waals surface area contributed by atoms with E-state index in [2.05, 4.69) is 250 Å². The lowest BCUT2D eigenvalue weighted by atomic mass is 9.70. The van der Waals surface area contributed by atoms with Gasteiger partial charge >= 0.3 is 6.18 Å². The van der Waals surface area contributed by atoms with Crippen LogP contribution in [0.4, 0.5) is 47.3 Å². The average Bonchev–Trinajstić information content (AvgIpc) is 3.96. The van der Waals surface area contributed by atoms with Gasteiger partial charge in [-0.3, -0.25) is 0 Å². The second-order valence-corrected chi connectivity index (χ2v) is 33.1. The molecule has 1 spiro atoms. The molecule has 0 saturated carbocycles. The van der Waals surface area contributed by atoms with Crippen molar-refractivity contribution in [3.63, 3.8) is 0 Å². The van der Waals surface area contributed by atoms with Crippen LogP contribution in [0, 0.1) is 6.92 Å². The topological polar surface area (TPSA) is 6.48 Å². The molecule has 1 atom stereocenters. The zero-order valence-electron chi connectivity index (χ0n) is 43.8. The number of rotatable bonds is 8. The molecule has 0 heterocycles. The highest BCUT2D eigenvalue weighted by Crippen LogP contribution is 2.65. The van der Waals surface area contributed by atoms with E-state index in [9.17, 15) is 13.2 Å². The maximum atomic E-state index is 14.2. The first kappa shape index (κ1) is 47.7. The Morgan fingerprint density at radius 1 is 0.329 bits per heavy atom. The summed E-state index contributed by atoms with van der Waals surface area (Å²) in [5.41, 5.74) is 14.7. The Kier molecular flexibility index (Phi) is 10.9. The lowest BCUT2D eigenvalue weighted by molar-refractivity contribution is -0.137. The van der Waals surface area contributed by atoms with Crippen molar-refractivity contribution in [2.24, 2.45) is 0 Å². The number of nitrogens with zero attached hydrogens (tertiary/aromatic N) is 2. The number of aryl methyl sites for hydroxylation is 1. The zero-order valence-corrected chi connectivity index (χ0v) is 45.8. The monoisotopic (exact) mass is 1030 g/mol. The van der Waals surface area contributed by atoms with E-state index >= 15 is 0 Å². The van der Waals surface area contributed by atoms with Gasteiger partial charge in [0.25, 0.3) is 0 Å². The van der Waals surface area contributed by atoms with Gasteiger partial charge < -0.3 is 9.80 Å². The third-order valence-corrected chi connectivity index (χ3v) is 20.4. The third-order valence-electron chi connectivity index (χ3n) is 16.3. The van der Waals surface area contributed by atoms with Gasteiger partial charge in [-0.2, -0.15) is 13.2 Å². The first-order chi connectivity index (χ1) is 36.5. The second-order valence-electron chi connectivity index (χ2n) is 22.9. The Bertz CT molecular complexity index is 4060. The van der Waals surface area contributed by atoms with Crippen molar-refractivity contribution < 1.29 is 13.2 Å². The van der Waals surface area contributed by atoms with Crippen molar-refractivity contribution in [1.29, 1.82) is 0 Å². The van der Waals surface area contributed by atoms with Crippen molar-refractivity contribution >= 4 is 93.0 Å². The fourth-order valence-electron chi connectivity index (χ4n) is 12.4. The van der Waals surface area contributed by atoms with E-state index in [1.807, 2.05) is 0 Å².